The molecule has 168 valence electrons. The summed E-state index contributed by atoms with van der Waals surface area (Å²) in [6.07, 6.45) is 19.1. The van der Waals surface area contributed by atoms with Crippen molar-refractivity contribution >= 4 is 52.2 Å². The topological polar surface area (TPSA) is 78.8 Å². The molecule has 2 rings (SSSR count). The van der Waals surface area contributed by atoms with Crippen LogP contribution in [0.5, 0.6) is 0 Å². The van der Waals surface area contributed by atoms with Crippen LogP contribution in [0.15, 0.2) is 62.9 Å². The van der Waals surface area contributed by atoms with Gasteiger partial charge in [-0.2, -0.15) is 0 Å². The summed E-state index contributed by atoms with van der Waals surface area (Å²) in [6.45, 7) is 10.9. The Balaban J connectivity index is 0.000000970. The first kappa shape index (κ1) is 28.8. The smallest absolute Gasteiger partial charge is 0.325 e. The predicted octanol–water partition coefficient (Wildman–Crippen LogP) is 5.80. The van der Waals surface area contributed by atoms with Gasteiger partial charge in [-0.3, -0.25) is 9.79 Å². The second kappa shape index (κ2) is 14.7. The van der Waals surface area contributed by atoms with E-state index in [4.69, 9.17) is 11.6 Å². The summed E-state index contributed by atoms with van der Waals surface area (Å²) < 4.78 is 15.9. The molecule has 31 heavy (non-hydrogen) atoms. The molecule has 1 aromatic heterocycles. The van der Waals surface area contributed by atoms with E-state index in [-0.39, 0.29) is 5.92 Å². The van der Waals surface area contributed by atoms with Crippen molar-refractivity contribution in [2.45, 2.75) is 43.9 Å². The molecule has 1 fully saturated rings. The maximum atomic E-state index is 12.5. The molecule has 3 unspecified atom stereocenters. The van der Waals surface area contributed by atoms with E-state index in [0.29, 0.717) is 15.7 Å². The van der Waals surface area contributed by atoms with Crippen LogP contribution >= 0.6 is 22.9 Å². The number of terminal acetylenes is 1. The highest BCUT2D eigenvalue weighted by atomic mass is 35.5. The molecule has 0 bridgehead atoms. The molecule has 1 aromatic rings. The molecule has 2 N–H and O–H groups in total. The summed E-state index contributed by atoms with van der Waals surface area (Å²) in [5.41, 5.74) is -0.296. The van der Waals surface area contributed by atoms with Crippen LogP contribution in [0.4, 0.5) is 0 Å². The number of halogens is 1. The summed E-state index contributed by atoms with van der Waals surface area (Å²) in [5, 5.41) is 10.1. The number of nitrogens with one attached hydrogen (secondary N) is 1. The van der Waals surface area contributed by atoms with E-state index < -0.39 is 22.5 Å². The Bertz CT molecular complexity index is 913. The fourth-order valence-electron chi connectivity index (χ4n) is 2.57. The lowest BCUT2D eigenvalue weighted by Gasteiger charge is -2.13. The van der Waals surface area contributed by atoms with Crippen LogP contribution in [-0.4, -0.2) is 27.0 Å². The second-order valence-electron chi connectivity index (χ2n) is 6.29. The minimum atomic E-state index is -1.55. The summed E-state index contributed by atoms with van der Waals surface area (Å²) in [5.74, 6) is -1.17. The molecular formula is C23H29ClN2O3S2. The van der Waals surface area contributed by atoms with Crippen molar-refractivity contribution in [3.8, 4) is 12.8 Å². The fraction of sp³-hybridized carbons (Fsp3) is 0.304. The fourth-order valence-corrected chi connectivity index (χ4v) is 5.06. The number of carbonyl (C=O) groups is 1. The minimum Gasteiger partial charge on any atom is -0.480 e. The molecule has 0 saturated heterocycles. The number of rotatable bonds is 8. The number of hydrogen-bond donors (Lipinski definition) is 2. The normalized spacial score (nSPS) is 21.3. The first-order valence-electron chi connectivity index (χ1n) is 9.32. The summed E-state index contributed by atoms with van der Waals surface area (Å²) in [7, 11) is -1.55. The largest absolute Gasteiger partial charge is 0.480 e. The van der Waals surface area contributed by atoms with Crippen molar-refractivity contribution in [3.05, 3.63) is 58.6 Å². The van der Waals surface area contributed by atoms with Gasteiger partial charge in [-0.15, -0.1) is 24.2 Å². The van der Waals surface area contributed by atoms with Gasteiger partial charge >= 0.3 is 5.97 Å². The van der Waals surface area contributed by atoms with Gasteiger partial charge in [0.2, 0.25) is 0 Å². The van der Waals surface area contributed by atoms with Crippen molar-refractivity contribution in [2.24, 2.45) is 10.9 Å². The van der Waals surface area contributed by atoms with Crippen molar-refractivity contribution in [1.82, 2.24) is 4.72 Å². The molecule has 3 atom stereocenters. The van der Waals surface area contributed by atoms with Crippen LogP contribution < -0.4 is 4.72 Å². The van der Waals surface area contributed by atoms with E-state index in [9.17, 15) is 14.1 Å². The van der Waals surface area contributed by atoms with Crippen LogP contribution in [0, 0.1) is 18.8 Å². The Morgan fingerprint density at radius 1 is 1.39 bits per heavy atom. The highest BCUT2D eigenvalue weighted by Crippen LogP contribution is 2.49. The van der Waals surface area contributed by atoms with E-state index in [1.165, 1.54) is 11.3 Å². The van der Waals surface area contributed by atoms with E-state index in [1.54, 1.807) is 31.5 Å². The Kier molecular flexibility index (Phi) is 13.6. The maximum absolute atomic E-state index is 12.5. The lowest BCUT2D eigenvalue weighted by atomic mass is 10.1. The van der Waals surface area contributed by atoms with Crippen LogP contribution in [0.2, 0.25) is 0 Å². The zero-order valence-corrected chi connectivity index (χ0v) is 20.6. The number of carboxylic acid groups (broad SMARTS) is 1. The average molecular weight is 481 g/mol. The van der Waals surface area contributed by atoms with E-state index in [1.807, 2.05) is 45.1 Å². The van der Waals surface area contributed by atoms with E-state index in [2.05, 4.69) is 29.1 Å². The molecule has 8 heteroatoms. The molecule has 0 radical (unpaired) electrons. The quantitative estimate of drug-likeness (QED) is 0.280. The van der Waals surface area contributed by atoms with Gasteiger partial charge in [-0.05, 0) is 64.0 Å². The third kappa shape index (κ3) is 9.19. The van der Waals surface area contributed by atoms with Gasteiger partial charge in [0.15, 0.2) is 0 Å². The van der Waals surface area contributed by atoms with Gasteiger partial charge in [-0.25, -0.2) is 8.93 Å². The molecule has 0 aromatic carbocycles. The molecule has 0 aliphatic heterocycles. The van der Waals surface area contributed by atoms with Crippen molar-refractivity contribution in [2.75, 3.05) is 0 Å². The van der Waals surface area contributed by atoms with Gasteiger partial charge < -0.3 is 5.11 Å². The Morgan fingerprint density at radius 3 is 2.48 bits per heavy atom. The second-order valence-corrected chi connectivity index (χ2v) is 9.33. The number of allylic oxidation sites excluding steroid dienone is 4. The van der Waals surface area contributed by atoms with Gasteiger partial charge in [0.05, 0.1) is 0 Å². The van der Waals surface area contributed by atoms with E-state index >= 15 is 0 Å². The number of thiophene rings is 1. The number of aliphatic carboxylic acids is 1. The van der Waals surface area contributed by atoms with Crippen LogP contribution in [0.3, 0.4) is 0 Å². The molecule has 1 saturated carbocycles. The first-order chi connectivity index (χ1) is 14.7. The summed E-state index contributed by atoms with van der Waals surface area (Å²) >= 11 is 6.69. The lowest BCUT2D eigenvalue weighted by molar-refractivity contribution is -0.140. The molecule has 1 heterocycles. The van der Waals surface area contributed by atoms with Crippen LogP contribution in [0.1, 0.15) is 39.0 Å². The number of hydrogen-bond acceptors (Lipinski definition) is 4. The van der Waals surface area contributed by atoms with Gasteiger partial charge in [0.25, 0.3) is 0 Å². The standard InChI is InChI=1S/C16H20N2O3S2.C5H7Cl.C2H2/c1-4-6-12-7-8-14(22-12)23(21)18-16(15(19)20)9-13(16)11(3)10-17-5-2;1-3-4-5(2)6;1-2/h4-8,10,13,18H,9H2,1-3H3,(H,19,20);3-4H,2H2,1H3;1-2H/b6-4+,11-10+,17-5?;4-3-;. The van der Waals surface area contributed by atoms with E-state index in [0.717, 1.165) is 10.5 Å². The molecule has 0 spiro atoms. The predicted molar refractivity (Wildman–Crippen MR) is 135 cm³/mol. The Labute approximate surface area is 196 Å². The Hall–Kier alpha value is -2.24. The molecule has 5 nitrogen and oxygen atoms in total. The SMILES string of the molecule is C#C.C=C(Cl)/C=C\C.CC=N/C=C(\C)C1CC1(NS(=O)c1ccc(/C=C/C)s1)C(=O)O. The van der Waals surface area contributed by atoms with Crippen molar-refractivity contribution < 1.29 is 14.1 Å². The zero-order valence-electron chi connectivity index (χ0n) is 18.2. The Morgan fingerprint density at radius 2 is 2.03 bits per heavy atom. The van der Waals surface area contributed by atoms with Gasteiger partial charge in [-0.1, -0.05) is 30.3 Å². The van der Waals surface area contributed by atoms with Crippen molar-refractivity contribution in [1.29, 1.82) is 0 Å². The first-order valence-corrected chi connectivity index (χ1v) is 11.7. The third-order valence-corrected chi connectivity index (χ3v) is 6.78. The highest BCUT2D eigenvalue weighted by molar-refractivity contribution is 7.85. The summed E-state index contributed by atoms with van der Waals surface area (Å²) in [4.78, 5) is 16.7. The molecule has 1 aliphatic rings. The highest BCUT2D eigenvalue weighted by Gasteiger charge is 2.62. The van der Waals surface area contributed by atoms with Gasteiger partial charge in [0.1, 0.15) is 20.7 Å². The van der Waals surface area contributed by atoms with Crippen LogP contribution in [-0.2, 0) is 15.8 Å². The average Bonchev–Trinajstić information content (AvgIpc) is 3.27. The lowest BCUT2D eigenvalue weighted by Crippen LogP contribution is -2.42. The molecule has 1 aliphatic carbocycles. The minimum absolute atomic E-state index is 0.192. The van der Waals surface area contributed by atoms with Crippen molar-refractivity contribution in [3.63, 3.8) is 0 Å². The monoisotopic (exact) mass is 480 g/mol. The number of aliphatic imine (C=N–C) groups is 1. The number of carboxylic acids is 1. The summed E-state index contributed by atoms with van der Waals surface area (Å²) in [6, 6.07) is 3.64. The zero-order chi connectivity index (χ0) is 24.0. The van der Waals surface area contributed by atoms with Gasteiger partial charge in [0, 0.05) is 28.2 Å². The third-order valence-electron chi connectivity index (χ3n) is 4.06. The maximum Gasteiger partial charge on any atom is 0.325 e. The number of nitrogens with zero attached hydrogens (tertiary/aromatic N) is 1. The molecular weight excluding hydrogens is 452 g/mol. The van der Waals surface area contributed by atoms with Crippen LogP contribution in [0.25, 0.3) is 6.08 Å². The molecule has 0 amide bonds.